The fourth-order valence-corrected chi connectivity index (χ4v) is 3.13. The van der Waals surface area contributed by atoms with E-state index in [2.05, 4.69) is 5.32 Å². The lowest BCUT2D eigenvalue weighted by Gasteiger charge is -2.14. The van der Waals surface area contributed by atoms with E-state index in [-0.39, 0.29) is 33.5 Å². The molecule has 3 aromatic carbocycles. The Morgan fingerprint density at radius 2 is 1.39 bits per heavy atom. The van der Waals surface area contributed by atoms with E-state index in [1.54, 1.807) is 0 Å². The number of rotatable bonds is 7. The second-order valence-corrected chi connectivity index (χ2v) is 6.96. The largest absolute Gasteiger partial charge is 0.478 e. The molecule has 0 radical (unpaired) electrons. The van der Waals surface area contributed by atoms with Crippen LogP contribution in [0.2, 0.25) is 0 Å². The van der Waals surface area contributed by atoms with Gasteiger partial charge in [-0.3, -0.25) is 4.79 Å². The van der Waals surface area contributed by atoms with Crippen LogP contribution in [0.15, 0.2) is 54.6 Å². The lowest BCUT2D eigenvalue weighted by Crippen LogP contribution is -2.19. The van der Waals surface area contributed by atoms with Gasteiger partial charge in [0, 0.05) is 0 Å². The van der Waals surface area contributed by atoms with E-state index in [1.165, 1.54) is 24.3 Å². The molecular formula is C23H17F2NO7. The van der Waals surface area contributed by atoms with Gasteiger partial charge in [0.2, 0.25) is 0 Å². The normalized spacial score (nSPS) is 11.6. The van der Waals surface area contributed by atoms with Crippen LogP contribution in [0.1, 0.15) is 42.7 Å². The Balaban J connectivity index is 2.06. The SMILES string of the molecule is O=C(O)c1ccc(-c2ccc(F)c(F)c2)cc1NC(=O)c1cc(C(O)CO)ccc1C(=O)O. The summed E-state index contributed by atoms with van der Waals surface area (Å²) in [4.78, 5) is 36.1. The average Bonchev–Trinajstić information content (AvgIpc) is 2.79. The molecule has 1 unspecified atom stereocenters. The molecule has 10 heteroatoms. The Hall–Kier alpha value is -4.15. The molecule has 33 heavy (non-hydrogen) atoms. The van der Waals surface area contributed by atoms with Crippen molar-refractivity contribution >= 4 is 23.5 Å². The van der Waals surface area contributed by atoms with E-state index in [4.69, 9.17) is 5.11 Å². The number of carboxylic acid groups (broad SMARTS) is 2. The van der Waals surface area contributed by atoms with Crippen LogP contribution in [0, 0.1) is 11.6 Å². The summed E-state index contributed by atoms with van der Waals surface area (Å²) in [6, 6.07) is 10.1. The van der Waals surface area contributed by atoms with Crippen molar-refractivity contribution < 1.29 is 43.6 Å². The van der Waals surface area contributed by atoms with Gasteiger partial charge in [-0.1, -0.05) is 18.2 Å². The molecule has 0 aliphatic heterocycles. The molecule has 0 saturated heterocycles. The quantitative estimate of drug-likeness (QED) is 0.366. The van der Waals surface area contributed by atoms with Crippen molar-refractivity contribution in [1.29, 1.82) is 0 Å². The van der Waals surface area contributed by atoms with Gasteiger partial charge in [0.15, 0.2) is 11.6 Å². The summed E-state index contributed by atoms with van der Waals surface area (Å²) in [5.41, 5.74) is -0.825. The molecule has 170 valence electrons. The zero-order valence-electron chi connectivity index (χ0n) is 16.8. The first-order valence-corrected chi connectivity index (χ1v) is 9.42. The first kappa shape index (κ1) is 23.5. The second-order valence-electron chi connectivity index (χ2n) is 6.96. The van der Waals surface area contributed by atoms with Gasteiger partial charge in [0.25, 0.3) is 5.91 Å². The van der Waals surface area contributed by atoms with Crippen LogP contribution in [0.4, 0.5) is 14.5 Å². The van der Waals surface area contributed by atoms with Gasteiger partial charge in [-0.2, -0.15) is 0 Å². The fourth-order valence-electron chi connectivity index (χ4n) is 3.13. The van der Waals surface area contributed by atoms with Gasteiger partial charge in [0.1, 0.15) is 6.10 Å². The zero-order chi connectivity index (χ0) is 24.3. The summed E-state index contributed by atoms with van der Waals surface area (Å²) < 4.78 is 26.9. The predicted octanol–water partition coefficient (Wildman–Crippen LogP) is 3.31. The second kappa shape index (κ2) is 9.55. The van der Waals surface area contributed by atoms with Crippen LogP contribution in [0.3, 0.4) is 0 Å². The van der Waals surface area contributed by atoms with Gasteiger partial charge in [-0.05, 0) is 53.1 Å². The van der Waals surface area contributed by atoms with Gasteiger partial charge in [0.05, 0.1) is 29.0 Å². The number of aliphatic hydroxyl groups excluding tert-OH is 2. The zero-order valence-corrected chi connectivity index (χ0v) is 16.8. The number of nitrogens with one attached hydrogen (secondary N) is 1. The van der Waals surface area contributed by atoms with Crippen LogP contribution in [0.25, 0.3) is 11.1 Å². The maximum Gasteiger partial charge on any atom is 0.337 e. The lowest BCUT2D eigenvalue weighted by molar-refractivity contribution is 0.0683. The molecule has 0 aromatic heterocycles. The Bertz CT molecular complexity index is 1260. The Morgan fingerprint density at radius 3 is 2.00 bits per heavy atom. The minimum Gasteiger partial charge on any atom is -0.478 e. The average molecular weight is 457 g/mol. The number of amides is 1. The minimum absolute atomic E-state index is 0.0710. The molecule has 0 aliphatic carbocycles. The molecule has 0 heterocycles. The molecule has 3 rings (SSSR count). The molecule has 0 spiro atoms. The number of carboxylic acids is 2. The van der Waals surface area contributed by atoms with Crippen LogP contribution in [-0.2, 0) is 0 Å². The number of anilines is 1. The maximum absolute atomic E-state index is 13.6. The highest BCUT2D eigenvalue weighted by molar-refractivity contribution is 6.12. The third kappa shape index (κ3) is 5.03. The summed E-state index contributed by atoms with van der Waals surface area (Å²) in [7, 11) is 0. The van der Waals surface area contributed by atoms with Crippen LogP contribution in [0.5, 0.6) is 0 Å². The van der Waals surface area contributed by atoms with Crippen molar-refractivity contribution in [2.75, 3.05) is 11.9 Å². The standard InChI is InChI=1S/C23H17F2NO7/c24-17-6-3-11(8-18(17)25)12-1-5-15(23(32)33)19(9-12)26-21(29)16-7-13(20(28)10-27)2-4-14(16)22(30)31/h1-9,20,27-28H,10H2,(H,26,29)(H,30,31)(H,32,33). The molecule has 0 fully saturated rings. The first-order valence-electron chi connectivity index (χ1n) is 9.42. The Morgan fingerprint density at radius 1 is 0.788 bits per heavy atom. The molecule has 0 aliphatic rings. The number of halogens is 2. The highest BCUT2D eigenvalue weighted by Crippen LogP contribution is 2.28. The maximum atomic E-state index is 13.6. The summed E-state index contributed by atoms with van der Waals surface area (Å²) in [5, 5.41) is 40.1. The van der Waals surface area contributed by atoms with Crippen LogP contribution in [-0.4, -0.2) is 44.9 Å². The number of carbonyl (C=O) groups excluding carboxylic acids is 1. The number of hydrogen-bond donors (Lipinski definition) is 5. The molecule has 1 atom stereocenters. The first-order chi connectivity index (χ1) is 15.6. The van der Waals surface area contributed by atoms with E-state index in [0.717, 1.165) is 30.3 Å². The van der Waals surface area contributed by atoms with Gasteiger partial charge >= 0.3 is 11.9 Å². The number of aromatic carboxylic acids is 2. The summed E-state index contributed by atoms with van der Waals surface area (Å²) in [5.74, 6) is -6.03. The third-order valence-electron chi connectivity index (χ3n) is 4.83. The van der Waals surface area contributed by atoms with Gasteiger partial charge in [-0.15, -0.1) is 0 Å². The van der Waals surface area contributed by atoms with Gasteiger partial charge in [-0.25, -0.2) is 18.4 Å². The molecular weight excluding hydrogens is 440 g/mol. The molecule has 0 saturated carbocycles. The number of aliphatic hydroxyl groups is 2. The highest BCUT2D eigenvalue weighted by atomic mass is 19.2. The number of hydrogen-bond acceptors (Lipinski definition) is 5. The minimum atomic E-state index is -1.45. The predicted molar refractivity (Wildman–Crippen MR) is 112 cm³/mol. The van der Waals surface area contributed by atoms with Crippen molar-refractivity contribution in [3.8, 4) is 11.1 Å². The van der Waals surface area contributed by atoms with Crippen LogP contribution >= 0.6 is 0 Å². The van der Waals surface area contributed by atoms with Crippen molar-refractivity contribution in [3.05, 3.63) is 88.5 Å². The number of benzene rings is 3. The molecule has 3 aromatic rings. The van der Waals surface area contributed by atoms with E-state index in [0.29, 0.717) is 0 Å². The van der Waals surface area contributed by atoms with E-state index < -0.39 is 47.8 Å². The highest BCUT2D eigenvalue weighted by Gasteiger charge is 2.21. The van der Waals surface area contributed by atoms with Crippen molar-refractivity contribution in [2.24, 2.45) is 0 Å². The van der Waals surface area contributed by atoms with Crippen molar-refractivity contribution in [1.82, 2.24) is 0 Å². The molecule has 1 amide bonds. The molecule has 8 nitrogen and oxygen atoms in total. The van der Waals surface area contributed by atoms with Crippen LogP contribution < -0.4 is 5.32 Å². The number of carbonyl (C=O) groups is 3. The molecule has 5 N–H and O–H groups in total. The summed E-state index contributed by atoms with van der Waals surface area (Å²) in [6.07, 6.45) is -1.37. The fraction of sp³-hybridized carbons (Fsp3) is 0.0870. The summed E-state index contributed by atoms with van der Waals surface area (Å²) in [6.45, 7) is -0.674. The van der Waals surface area contributed by atoms with E-state index in [1.807, 2.05) is 0 Å². The Labute approximate surface area is 185 Å². The smallest absolute Gasteiger partial charge is 0.337 e. The third-order valence-corrected chi connectivity index (χ3v) is 4.83. The van der Waals surface area contributed by atoms with Crippen molar-refractivity contribution in [3.63, 3.8) is 0 Å². The lowest BCUT2D eigenvalue weighted by atomic mass is 9.99. The topological polar surface area (TPSA) is 144 Å². The van der Waals surface area contributed by atoms with Gasteiger partial charge < -0.3 is 25.7 Å². The summed E-state index contributed by atoms with van der Waals surface area (Å²) >= 11 is 0. The van der Waals surface area contributed by atoms with Crippen molar-refractivity contribution in [2.45, 2.75) is 6.10 Å². The molecule has 0 bridgehead atoms. The van der Waals surface area contributed by atoms with E-state index in [9.17, 15) is 38.5 Å². The Kier molecular flexibility index (Phi) is 6.80. The van der Waals surface area contributed by atoms with E-state index >= 15 is 0 Å². The monoisotopic (exact) mass is 457 g/mol.